The highest BCUT2D eigenvalue weighted by Gasteiger charge is 2.47. The second-order valence-electron chi connectivity index (χ2n) is 6.33. The first-order valence-electron chi connectivity index (χ1n) is 6.13. The highest BCUT2D eigenvalue weighted by Crippen LogP contribution is 2.57. The van der Waals surface area contributed by atoms with Gasteiger partial charge in [-0.25, -0.2) is 0 Å². The summed E-state index contributed by atoms with van der Waals surface area (Å²) in [4.78, 5) is 11.9. The molecule has 0 aliphatic heterocycles. The maximum atomic E-state index is 11.9. The van der Waals surface area contributed by atoms with E-state index >= 15 is 0 Å². The van der Waals surface area contributed by atoms with Crippen molar-refractivity contribution in [1.82, 2.24) is 0 Å². The van der Waals surface area contributed by atoms with Gasteiger partial charge in [0, 0.05) is 0 Å². The third-order valence-corrected chi connectivity index (χ3v) is 3.64. The van der Waals surface area contributed by atoms with Crippen LogP contribution in [0.2, 0.25) is 0 Å². The van der Waals surface area contributed by atoms with Crippen LogP contribution in [-0.4, -0.2) is 11.6 Å². The van der Waals surface area contributed by atoms with Crippen LogP contribution < -0.4 is 0 Å². The lowest BCUT2D eigenvalue weighted by Crippen LogP contribution is -2.31. The molecule has 1 unspecified atom stereocenters. The molecule has 0 aromatic heterocycles. The van der Waals surface area contributed by atoms with E-state index in [0.29, 0.717) is 5.41 Å². The summed E-state index contributed by atoms with van der Waals surface area (Å²) in [5, 5.41) is 0. The van der Waals surface area contributed by atoms with Gasteiger partial charge in [-0.05, 0) is 58.3 Å². The molecule has 86 valence electrons. The Balaban J connectivity index is 1.90. The first kappa shape index (κ1) is 11.0. The van der Waals surface area contributed by atoms with Gasteiger partial charge in [-0.1, -0.05) is 6.42 Å². The average molecular weight is 210 g/mol. The Morgan fingerprint density at radius 3 is 2.47 bits per heavy atom. The molecular weight excluding hydrogens is 188 g/mol. The van der Waals surface area contributed by atoms with E-state index in [9.17, 15) is 4.79 Å². The standard InChI is InChI=1S/C13H22O2/c1-12(2,3)15-11(14)10-5-4-6-13(9-10)7-8-13/h10H,4-9H2,1-3H3. The van der Waals surface area contributed by atoms with E-state index in [1.165, 1.54) is 25.7 Å². The van der Waals surface area contributed by atoms with E-state index in [1.54, 1.807) is 0 Å². The maximum Gasteiger partial charge on any atom is 0.309 e. The summed E-state index contributed by atoms with van der Waals surface area (Å²) in [7, 11) is 0. The van der Waals surface area contributed by atoms with Gasteiger partial charge in [0.15, 0.2) is 0 Å². The summed E-state index contributed by atoms with van der Waals surface area (Å²) in [6.07, 6.45) is 7.35. The van der Waals surface area contributed by atoms with Crippen LogP contribution in [0.4, 0.5) is 0 Å². The SMILES string of the molecule is CC(C)(C)OC(=O)C1CCCC2(CC2)C1. The molecule has 0 bridgehead atoms. The van der Waals surface area contributed by atoms with Crippen molar-refractivity contribution >= 4 is 5.97 Å². The summed E-state index contributed by atoms with van der Waals surface area (Å²) >= 11 is 0. The number of hydrogen-bond donors (Lipinski definition) is 0. The second kappa shape index (κ2) is 3.50. The van der Waals surface area contributed by atoms with Crippen LogP contribution in [0.3, 0.4) is 0 Å². The van der Waals surface area contributed by atoms with Crippen LogP contribution in [0, 0.1) is 11.3 Å². The maximum absolute atomic E-state index is 11.9. The Morgan fingerprint density at radius 1 is 1.27 bits per heavy atom. The Labute approximate surface area is 92.4 Å². The molecule has 0 heterocycles. The van der Waals surface area contributed by atoms with Gasteiger partial charge in [-0.2, -0.15) is 0 Å². The normalized spacial score (nSPS) is 28.9. The van der Waals surface area contributed by atoms with Gasteiger partial charge in [0.05, 0.1) is 5.92 Å². The van der Waals surface area contributed by atoms with Crippen LogP contribution in [0.15, 0.2) is 0 Å². The zero-order valence-electron chi connectivity index (χ0n) is 10.1. The molecule has 2 nitrogen and oxygen atoms in total. The van der Waals surface area contributed by atoms with Crippen LogP contribution in [0.1, 0.15) is 59.3 Å². The minimum atomic E-state index is -0.328. The molecular formula is C13H22O2. The summed E-state index contributed by atoms with van der Waals surface area (Å²) in [5.74, 6) is 0.217. The van der Waals surface area contributed by atoms with Crippen molar-refractivity contribution in [3.63, 3.8) is 0 Å². The first-order chi connectivity index (χ1) is 6.90. The molecule has 1 spiro atoms. The molecule has 15 heavy (non-hydrogen) atoms. The van der Waals surface area contributed by atoms with Gasteiger partial charge in [-0.15, -0.1) is 0 Å². The lowest BCUT2D eigenvalue weighted by atomic mass is 9.79. The van der Waals surface area contributed by atoms with Crippen molar-refractivity contribution < 1.29 is 9.53 Å². The highest BCUT2D eigenvalue weighted by molar-refractivity contribution is 5.73. The van der Waals surface area contributed by atoms with Crippen molar-refractivity contribution in [2.45, 2.75) is 64.9 Å². The van der Waals surface area contributed by atoms with E-state index in [4.69, 9.17) is 4.74 Å². The van der Waals surface area contributed by atoms with Crippen molar-refractivity contribution in [3.8, 4) is 0 Å². The number of rotatable bonds is 1. The molecule has 0 radical (unpaired) electrons. The Kier molecular flexibility index (Phi) is 2.56. The molecule has 2 fully saturated rings. The van der Waals surface area contributed by atoms with Gasteiger partial charge < -0.3 is 4.74 Å². The smallest absolute Gasteiger partial charge is 0.309 e. The van der Waals surface area contributed by atoms with Gasteiger partial charge in [0.1, 0.15) is 5.60 Å². The van der Waals surface area contributed by atoms with E-state index in [0.717, 1.165) is 12.8 Å². The molecule has 2 rings (SSSR count). The fourth-order valence-electron chi connectivity index (χ4n) is 2.67. The monoisotopic (exact) mass is 210 g/mol. The van der Waals surface area contributed by atoms with Crippen LogP contribution in [0.25, 0.3) is 0 Å². The molecule has 2 aliphatic rings. The van der Waals surface area contributed by atoms with E-state index in [2.05, 4.69) is 0 Å². The molecule has 2 saturated carbocycles. The van der Waals surface area contributed by atoms with E-state index in [-0.39, 0.29) is 17.5 Å². The average Bonchev–Trinajstić information content (AvgIpc) is 2.82. The number of carbonyl (C=O) groups is 1. The zero-order valence-corrected chi connectivity index (χ0v) is 10.1. The number of carbonyl (C=O) groups excluding carboxylic acids is 1. The van der Waals surface area contributed by atoms with Crippen LogP contribution >= 0.6 is 0 Å². The predicted octanol–water partition coefficient (Wildman–Crippen LogP) is 3.30. The summed E-state index contributed by atoms with van der Waals surface area (Å²) in [6.45, 7) is 5.84. The third kappa shape index (κ3) is 2.73. The minimum Gasteiger partial charge on any atom is -0.460 e. The molecule has 0 aromatic rings. The van der Waals surface area contributed by atoms with Gasteiger partial charge >= 0.3 is 5.97 Å². The van der Waals surface area contributed by atoms with Crippen molar-refractivity contribution in [2.24, 2.45) is 11.3 Å². The molecule has 0 amide bonds. The Morgan fingerprint density at radius 2 is 1.93 bits per heavy atom. The largest absolute Gasteiger partial charge is 0.460 e. The number of hydrogen-bond acceptors (Lipinski definition) is 2. The Hall–Kier alpha value is -0.530. The molecule has 0 N–H and O–H groups in total. The zero-order chi connectivity index (χ0) is 11.1. The predicted molar refractivity (Wildman–Crippen MR) is 59.5 cm³/mol. The molecule has 2 heteroatoms. The fourth-order valence-corrected chi connectivity index (χ4v) is 2.67. The van der Waals surface area contributed by atoms with E-state index in [1.807, 2.05) is 20.8 Å². The fraction of sp³-hybridized carbons (Fsp3) is 0.923. The van der Waals surface area contributed by atoms with Crippen LogP contribution in [0.5, 0.6) is 0 Å². The lowest BCUT2D eigenvalue weighted by molar-refractivity contribution is -0.162. The highest BCUT2D eigenvalue weighted by atomic mass is 16.6. The summed E-state index contributed by atoms with van der Waals surface area (Å²) in [6, 6.07) is 0. The molecule has 2 aliphatic carbocycles. The first-order valence-corrected chi connectivity index (χ1v) is 6.13. The number of ether oxygens (including phenoxy) is 1. The molecule has 0 saturated heterocycles. The van der Waals surface area contributed by atoms with Gasteiger partial charge in [0.2, 0.25) is 0 Å². The van der Waals surface area contributed by atoms with Gasteiger partial charge in [0.25, 0.3) is 0 Å². The lowest BCUT2D eigenvalue weighted by Gasteiger charge is -2.30. The molecule has 1 atom stereocenters. The Bertz CT molecular complexity index is 258. The second-order valence-corrected chi connectivity index (χ2v) is 6.33. The summed E-state index contributed by atoms with van der Waals surface area (Å²) in [5.41, 5.74) is 0.227. The topological polar surface area (TPSA) is 26.3 Å². The van der Waals surface area contributed by atoms with Gasteiger partial charge in [-0.3, -0.25) is 4.79 Å². The van der Waals surface area contributed by atoms with E-state index < -0.39 is 0 Å². The minimum absolute atomic E-state index is 0.0356. The number of esters is 1. The summed E-state index contributed by atoms with van der Waals surface area (Å²) < 4.78 is 5.46. The van der Waals surface area contributed by atoms with Crippen molar-refractivity contribution in [3.05, 3.63) is 0 Å². The van der Waals surface area contributed by atoms with Crippen molar-refractivity contribution in [2.75, 3.05) is 0 Å². The quantitative estimate of drug-likeness (QED) is 0.621. The third-order valence-electron chi connectivity index (χ3n) is 3.64. The van der Waals surface area contributed by atoms with Crippen molar-refractivity contribution in [1.29, 1.82) is 0 Å². The molecule has 0 aromatic carbocycles. The van der Waals surface area contributed by atoms with Crippen LogP contribution in [-0.2, 0) is 9.53 Å².